The van der Waals surface area contributed by atoms with Gasteiger partial charge >= 0.3 is 0 Å². The molecule has 2 aliphatic heterocycles. The number of para-hydroxylation sites is 6. The zero-order valence-corrected chi connectivity index (χ0v) is 43.6. The molecule has 9 heteroatoms. The molecule has 0 saturated carbocycles. The van der Waals surface area contributed by atoms with Gasteiger partial charge in [-0.15, -0.1) is 0 Å². The van der Waals surface area contributed by atoms with Crippen molar-refractivity contribution in [2.45, 2.75) is 45.2 Å². The van der Waals surface area contributed by atoms with Crippen molar-refractivity contribution in [3.05, 3.63) is 258 Å². The minimum Gasteiger partial charge on any atom is -0.371 e. The highest BCUT2D eigenvalue weighted by Crippen LogP contribution is 2.37. The van der Waals surface area contributed by atoms with E-state index in [9.17, 15) is 0 Å². The van der Waals surface area contributed by atoms with Crippen molar-refractivity contribution in [1.29, 1.82) is 0 Å². The van der Waals surface area contributed by atoms with Crippen LogP contribution in [-0.4, -0.2) is 55.4 Å². The summed E-state index contributed by atoms with van der Waals surface area (Å²) in [6.07, 6.45) is 10.6. The summed E-state index contributed by atoms with van der Waals surface area (Å²) in [5.74, 6) is 0. The molecule has 380 valence electrons. The molecule has 3 heterocycles. The van der Waals surface area contributed by atoms with E-state index in [1.165, 1.54) is 51.5 Å². The number of hydrogen-bond acceptors (Lipinski definition) is 8. The standard InChI is InChI=1S/C68H63N9/c1-2-73-66-35-19-18-34-64(66)65-46-53(38-41-67(65)73)48-70-75(58-26-10-4-11-27-58)51-63(77(62-32-16-7-17-33-62)71-49-54-44-55-22-20-42-72-43-21-23-56(45-54)68(55)72)50-74(57-24-8-3-9-25-57)69-47-52-36-39-61(40-37-52)76(59-28-12-5-13-29-59)60-30-14-6-15-31-60/h3-19,24-41,44-49,63H,2,20-23,42-43,50-51H2,1H3/b69-47+,70-48+,71-49+. The van der Waals surface area contributed by atoms with Gasteiger partial charge in [0.2, 0.25) is 0 Å². The fourth-order valence-corrected chi connectivity index (χ4v) is 11.3. The topological polar surface area (TPSA) is 58.2 Å². The number of anilines is 7. The average Bonchev–Trinajstić information content (AvgIpc) is 3.88. The maximum Gasteiger partial charge on any atom is 0.0917 e. The Morgan fingerprint density at radius 3 is 1.44 bits per heavy atom. The van der Waals surface area contributed by atoms with Crippen molar-refractivity contribution < 1.29 is 0 Å². The Kier molecular flexibility index (Phi) is 14.4. The Balaban J connectivity index is 0.940. The minimum absolute atomic E-state index is 0.299. The third kappa shape index (κ3) is 10.7. The molecular weight excluding hydrogens is 943 g/mol. The number of aryl methyl sites for hydroxylation is 3. The van der Waals surface area contributed by atoms with E-state index in [0.29, 0.717) is 13.1 Å². The van der Waals surface area contributed by atoms with E-state index in [0.717, 1.165) is 83.3 Å². The lowest BCUT2D eigenvalue weighted by Crippen LogP contribution is -2.47. The highest BCUT2D eigenvalue weighted by Gasteiger charge is 2.28. The van der Waals surface area contributed by atoms with Crippen LogP contribution in [0.4, 0.5) is 39.8 Å². The van der Waals surface area contributed by atoms with Crippen molar-refractivity contribution in [2.75, 3.05) is 51.0 Å². The monoisotopic (exact) mass is 1010 g/mol. The van der Waals surface area contributed by atoms with Crippen molar-refractivity contribution in [3.8, 4) is 0 Å². The van der Waals surface area contributed by atoms with Gasteiger partial charge in [-0.25, -0.2) is 0 Å². The van der Waals surface area contributed by atoms with Crippen LogP contribution in [0.1, 0.15) is 47.6 Å². The lowest BCUT2D eigenvalue weighted by Gasteiger charge is -2.37. The Labute approximate surface area is 452 Å². The molecule has 1 unspecified atom stereocenters. The molecule has 9 nitrogen and oxygen atoms in total. The van der Waals surface area contributed by atoms with Crippen molar-refractivity contribution in [2.24, 2.45) is 15.3 Å². The predicted octanol–water partition coefficient (Wildman–Crippen LogP) is 15.3. The molecule has 0 aliphatic carbocycles. The lowest BCUT2D eigenvalue weighted by atomic mass is 9.90. The second-order valence-electron chi connectivity index (χ2n) is 19.9. The molecule has 0 bridgehead atoms. The van der Waals surface area contributed by atoms with Crippen LogP contribution in [-0.2, 0) is 19.4 Å². The van der Waals surface area contributed by atoms with Crippen LogP contribution in [0.2, 0.25) is 0 Å². The Bertz CT molecular complexity index is 3580. The van der Waals surface area contributed by atoms with Gasteiger partial charge in [0.1, 0.15) is 0 Å². The van der Waals surface area contributed by atoms with Crippen LogP contribution in [0.3, 0.4) is 0 Å². The first-order valence-corrected chi connectivity index (χ1v) is 27.2. The van der Waals surface area contributed by atoms with Gasteiger partial charge in [-0.1, -0.05) is 127 Å². The number of fused-ring (bicyclic) bond motifs is 3. The molecule has 12 rings (SSSR count). The summed E-state index contributed by atoms with van der Waals surface area (Å²) in [5.41, 5.74) is 16.1. The van der Waals surface area contributed by atoms with Gasteiger partial charge in [0.15, 0.2) is 0 Å². The van der Waals surface area contributed by atoms with Crippen molar-refractivity contribution in [1.82, 2.24) is 4.57 Å². The minimum atomic E-state index is -0.299. The largest absolute Gasteiger partial charge is 0.371 e. The van der Waals surface area contributed by atoms with Crippen molar-refractivity contribution >= 4 is 80.3 Å². The number of aromatic nitrogens is 1. The molecule has 0 amide bonds. The second-order valence-corrected chi connectivity index (χ2v) is 19.9. The number of hydrazone groups is 3. The maximum atomic E-state index is 5.54. The Hall–Kier alpha value is -9.21. The molecule has 0 spiro atoms. The van der Waals surface area contributed by atoms with E-state index in [1.54, 1.807) is 0 Å². The molecule has 9 aromatic carbocycles. The van der Waals surface area contributed by atoms with E-state index < -0.39 is 0 Å². The van der Waals surface area contributed by atoms with E-state index in [-0.39, 0.29) is 6.04 Å². The van der Waals surface area contributed by atoms with E-state index in [2.05, 4.69) is 273 Å². The zero-order valence-electron chi connectivity index (χ0n) is 43.6. The fourth-order valence-electron chi connectivity index (χ4n) is 11.3. The van der Waals surface area contributed by atoms with E-state index in [1.807, 2.05) is 12.4 Å². The number of rotatable bonds is 18. The summed E-state index contributed by atoms with van der Waals surface area (Å²) in [4.78, 5) is 4.88. The first kappa shape index (κ1) is 48.7. The molecule has 0 fully saturated rings. The van der Waals surface area contributed by atoms with Crippen LogP contribution in [0.15, 0.2) is 246 Å². The number of nitrogens with zero attached hydrogens (tertiary/aromatic N) is 9. The van der Waals surface area contributed by atoms with Gasteiger partial charge in [0.05, 0.1) is 54.8 Å². The van der Waals surface area contributed by atoms with Crippen molar-refractivity contribution in [3.63, 3.8) is 0 Å². The SMILES string of the molecule is CCn1c2ccccc2c2cc(/C=N/N(CC(CN(/N=C/c3ccc(N(c4ccccc4)c4ccccc4)cc3)c3ccccc3)N(/N=C/c3cc4c5c(c3)CCCN5CCC4)c3ccccc3)c3ccccc3)ccc21. The molecular formula is C68H63N9. The molecule has 0 radical (unpaired) electrons. The third-order valence-corrected chi connectivity index (χ3v) is 14.9. The van der Waals surface area contributed by atoms with Gasteiger partial charge < -0.3 is 14.4 Å². The van der Waals surface area contributed by atoms with Crippen LogP contribution >= 0.6 is 0 Å². The molecule has 1 aromatic heterocycles. The molecule has 0 N–H and O–H groups in total. The summed E-state index contributed by atoms with van der Waals surface area (Å²) < 4.78 is 2.39. The molecule has 1 atom stereocenters. The van der Waals surface area contributed by atoms with Gasteiger partial charge in [0.25, 0.3) is 0 Å². The van der Waals surface area contributed by atoms with Crippen LogP contribution in [0, 0.1) is 0 Å². The number of benzene rings is 9. The maximum absolute atomic E-state index is 5.54. The first-order valence-electron chi connectivity index (χ1n) is 27.2. The third-order valence-electron chi connectivity index (χ3n) is 14.9. The Morgan fingerprint density at radius 1 is 0.429 bits per heavy atom. The molecule has 2 aliphatic rings. The lowest BCUT2D eigenvalue weighted by molar-refractivity contribution is 0.576. The summed E-state index contributed by atoms with van der Waals surface area (Å²) in [6, 6.07) is 81.0. The van der Waals surface area contributed by atoms with E-state index >= 15 is 0 Å². The Morgan fingerprint density at radius 2 is 0.883 bits per heavy atom. The highest BCUT2D eigenvalue weighted by atomic mass is 15.5. The highest BCUT2D eigenvalue weighted by molar-refractivity contribution is 6.09. The summed E-state index contributed by atoms with van der Waals surface area (Å²) >= 11 is 0. The smallest absolute Gasteiger partial charge is 0.0917 e. The zero-order chi connectivity index (χ0) is 51.8. The van der Waals surface area contributed by atoms with Gasteiger partial charge in [-0.05, 0) is 164 Å². The van der Waals surface area contributed by atoms with Crippen LogP contribution in [0.25, 0.3) is 21.8 Å². The molecule has 10 aromatic rings. The number of hydrogen-bond donors (Lipinski definition) is 0. The summed E-state index contributed by atoms with van der Waals surface area (Å²) in [5, 5.41) is 25.2. The van der Waals surface area contributed by atoms with Crippen LogP contribution in [0.5, 0.6) is 0 Å². The van der Waals surface area contributed by atoms with Gasteiger partial charge in [-0.3, -0.25) is 15.0 Å². The van der Waals surface area contributed by atoms with Gasteiger partial charge in [-0.2, -0.15) is 15.3 Å². The molecule has 77 heavy (non-hydrogen) atoms. The normalized spacial score (nSPS) is 13.6. The molecule has 0 saturated heterocycles. The second kappa shape index (κ2) is 22.7. The van der Waals surface area contributed by atoms with Gasteiger partial charge in [0, 0.05) is 64.2 Å². The first-order chi connectivity index (χ1) is 38.1. The quantitative estimate of drug-likeness (QED) is 0.0633. The average molecular weight is 1010 g/mol. The van der Waals surface area contributed by atoms with Crippen LogP contribution < -0.4 is 24.8 Å². The predicted molar refractivity (Wildman–Crippen MR) is 325 cm³/mol. The summed E-state index contributed by atoms with van der Waals surface area (Å²) in [6.45, 7) is 6.32. The summed E-state index contributed by atoms with van der Waals surface area (Å²) in [7, 11) is 0. The fraction of sp³-hybridized carbons (Fsp3) is 0.162. The van der Waals surface area contributed by atoms with E-state index in [4.69, 9.17) is 15.3 Å².